The average Bonchev–Trinajstić information content (AvgIpc) is 2.71. The van der Waals surface area contributed by atoms with E-state index < -0.39 is 0 Å². The molecule has 0 unspecified atom stereocenters. The molecule has 0 spiro atoms. The molecule has 21 heavy (non-hydrogen) atoms. The number of carbonyl (C=O) groups excluding carboxylic acids is 1. The van der Waals surface area contributed by atoms with Crippen molar-refractivity contribution in [2.45, 2.75) is 32.7 Å². The van der Waals surface area contributed by atoms with E-state index in [1.54, 1.807) is 14.0 Å². The highest BCUT2D eigenvalue weighted by Gasteiger charge is 2.20. The summed E-state index contributed by atoms with van der Waals surface area (Å²) in [6.07, 6.45) is 1.81. The van der Waals surface area contributed by atoms with Gasteiger partial charge in [0.05, 0.1) is 11.3 Å². The number of rotatable bonds is 5. The lowest BCUT2D eigenvalue weighted by Gasteiger charge is -2.13. The molecule has 112 valence electrons. The summed E-state index contributed by atoms with van der Waals surface area (Å²) in [4.78, 5) is 12.3. The van der Waals surface area contributed by atoms with Gasteiger partial charge in [-0.3, -0.25) is 9.48 Å². The van der Waals surface area contributed by atoms with Gasteiger partial charge in [-0.15, -0.1) is 0 Å². The maximum Gasteiger partial charge on any atom is 0.256 e. The molecule has 5 heteroatoms. The first kappa shape index (κ1) is 15.6. The third kappa shape index (κ3) is 3.85. The third-order valence-electron chi connectivity index (χ3n) is 3.47. The molecular formula is C16H20ClN3O. The molecule has 1 aromatic carbocycles. The highest BCUT2D eigenvalue weighted by molar-refractivity contribution is 6.33. The zero-order valence-corrected chi connectivity index (χ0v) is 13.3. The van der Waals surface area contributed by atoms with Gasteiger partial charge in [-0.25, -0.2) is 0 Å². The van der Waals surface area contributed by atoms with E-state index in [1.165, 1.54) is 10.2 Å². The Labute approximate surface area is 130 Å². The van der Waals surface area contributed by atoms with E-state index in [0.29, 0.717) is 16.4 Å². The molecule has 2 aromatic rings. The number of halogens is 1. The number of hydrogen-bond acceptors (Lipinski definition) is 2. The molecule has 0 saturated heterocycles. The van der Waals surface area contributed by atoms with Crippen molar-refractivity contribution < 1.29 is 4.79 Å². The Morgan fingerprint density at radius 3 is 2.62 bits per heavy atom. The van der Waals surface area contributed by atoms with Gasteiger partial charge in [-0.2, -0.15) is 5.10 Å². The minimum Gasteiger partial charge on any atom is -0.349 e. The van der Waals surface area contributed by atoms with Crippen LogP contribution in [0.4, 0.5) is 0 Å². The Balaban J connectivity index is 1.93. The molecule has 0 aliphatic carbocycles. The molecule has 0 aliphatic heterocycles. The quantitative estimate of drug-likeness (QED) is 0.922. The predicted octanol–water partition coefficient (Wildman–Crippen LogP) is 3.13. The number of carbonyl (C=O) groups is 1. The number of amides is 1. The van der Waals surface area contributed by atoms with Crippen molar-refractivity contribution in [1.82, 2.24) is 15.1 Å². The van der Waals surface area contributed by atoms with E-state index in [0.717, 1.165) is 12.8 Å². The molecule has 0 fully saturated rings. The molecule has 0 bridgehead atoms. The molecule has 2 rings (SSSR count). The SMILES string of the molecule is Cc1nn(C)c(Cl)c1C(=O)N[C@@H](C)CCc1ccccc1. The fraction of sp³-hybridized carbons (Fsp3) is 0.375. The highest BCUT2D eigenvalue weighted by atomic mass is 35.5. The van der Waals surface area contributed by atoms with Gasteiger partial charge in [0.1, 0.15) is 5.15 Å². The molecule has 1 atom stereocenters. The van der Waals surface area contributed by atoms with E-state index in [-0.39, 0.29) is 11.9 Å². The van der Waals surface area contributed by atoms with Gasteiger partial charge >= 0.3 is 0 Å². The lowest BCUT2D eigenvalue weighted by molar-refractivity contribution is 0.0938. The first-order valence-corrected chi connectivity index (χ1v) is 7.40. The second kappa shape index (κ2) is 6.76. The Morgan fingerprint density at radius 1 is 1.38 bits per heavy atom. The van der Waals surface area contributed by atoms with Crippen LogP contribution in [0.2, 0.25) is 5.15 Å². The minimum atomic E-state index is -0.161. The molecule has 0 saturated carbocycles. The van der Waals surface area contributed by atoms with Crippen LogP contribution in [0, 0.1) is 6.92 Å². The van der Waals surface area contributed by atoms with Crippen molar-refractivity contribution in [3.05, 3.63) is 52.3 Å². The van der Waals surface area contributed by atoms with Crippen LogP contribution < -0.4 is 5.32 Å². The molecule has 4 nitrogen and oxygen atoms in total. The number of benzene rings is 1. The van der Waals surface area contributed by atoms with E-state index in [1.807, 2.05) is 25.1 Å². The topological polar surface area (TPSA) is 46.9 Å². The van der Waals surface area contributed by atoms with E-state index in [9.17, 15) is 4.79 Å². The average molecular weight is 306 g/mol. The van der Waals surface area contributed by atoms with Crippen molar-refractivity contribution >= 4 is 17.5 Å². The van der Waals surface area contributed by atoms with E-state index in [4.69, 9.17) is 11.6 Å². The smallest absolute Gasteiger partial charge is 0.256 e. The van der Waals surface area contributed by atoms with Gasteiger partial charge in [0.2, 0.25) is 0 Å². The van der Waals surface area contributed by atoms with Crippen molar-refractivity contribution in [2.24, 2.45) is 7.05 Å². The fourth-order valence-corrected chi connectivity index (χ4v) is 2.54. The zero-order chi connectivity index (χ0) is 15.4. The van der Waals surface area contributed by atoms with E-state index >= 15 is 0 Å². The normalized spacial score (nSPS) is 12.2. The summed E-state index contributed by atoms with van der Waals surface area (Å²) in [5, 5.41) is 7.52. The lowest BCUT2D eigenvalue weighted by atomic mass is 10.1. The number of aryl methyl sites for hydroxylation is 3. The molecule has 0 radical (unpaired) electrons. The Morgan fingerprint density at radius 2 is 2.05 bits per heavy atom. The van der Waals surface area contributed by atoms with Crippen LogP contribution in [0.5, 0.6) is 0 Å². The summed E-state index contributed by atoms with van der Waals surface area (Å²) in [6.45, 7) is 3.79. The Kier molecular flexibility index (Phi) is 5.02. The van der Waals surface area contributed by atoms with Gasteiger partial charge in [-0.05, 0) is 32.3 Å². The highest BCUT2D eigenvalue weighted by Crippen LogP contribution is 2.18. The summed E-state index contributed by atoms with van der Waals surface area (Å²) >= 11 is 6.10. The Bertz CT molecular complexity index is 622. The van der Waals surface area contributed by atoms with Crippen LogP contribution in [0.1, 0.15) is 35.0 Å². The number of aromatic nitrogens is 2. The minimum absolute atomic E-state index is 0.0772. The van der Waals surface area contributed by atoms with Crippen LogP contribution >= 0.6 is 11.6 Å². The van der Waals surface area contributed by atoms with Crippen molar-refractivity contribution in [1.29, 1.82) is 0 Å². The van der Waals surface area contributed by atoms with E-state index in [2.05, 4.69) is 22.5 Å². The molecule has 1 amide bonds. The molecule has 0 aliphatic rings. The molecule has 1 heterocycles. The summed E-state index contributed by atoms with van der Waals surface area (Å²) in [5.74, 6) is -0.161. The first-order chi connectivity index (χ1) is 9.99. The first-order valence-electron chi connectivity index (χ1n) is 7.03. The number of nitrogens with zero attached hydrogens (tertiary/aromatic N) is 2. The lowest BCUT2D eigenvalue weighted by Crippen LogP contribution is -2.33. The van der Waals surface area contributed by atoms with Gasteiger partial charge in [0.15, 0.2) is 0 Å². The van der Waals surface area contributed by atoms with Crippen molar-refractivity contribution in [3.63, 3.8) is 0 Å². The van der Waals surface area contributed by atoms with Crippen LogP contribution in [0.3, 0.4) is 0 Å². The standard InChI is InChI=1S/C16H20ClN3O/c1-11(9-10-13-7-5-4-6-8-13)18-16(21)14-12(2)19-20(3)15(14)17/h4-8,11H,9-10H2,1-3H3,(H,18,21)/t11-/m0/s1. The van der Waals surface area contributed by atoms with Gasteiger partial charge in [0, 0.05) is 13.1 Å². The monoisotopic (exact) mass is 305 g/mol. The van der Waals surface area contributed by atoms with Crippen LogP contribution in [0.25, 0.3) is 0 Å². The van der Waals surface area contributed by atoms with Crippen LogP contribution in [0.15, 0.2) is 30.3 Å². The number of hydrogen-bond donors (Lipinski definition) is 1. The van der Waals surface area contributed by atoms with Gasteiger partial charge < -0.3 is 5.32 Å². The van der Waals surface area contributed by atoms with Crippen molar-refractivity contribution in [3.8, 4) is 0 Å². The maximum atomic E-state index is 12.3. The fourth-order valence-electron chi connectivity index (χ4n) is 2.28. The van der Waals surface area contributed by atoms with Gasteiger partial charge in [0.25, 0.3) is 5.91 Å². The molecular weight excluding hydrogens is 286 g/mol. The second-order valence-electron chi connectivity index (χ2n) is 5.27. The summed E-state index contributed by atoms with van der Waals surface area (Å²) < 4.78 is 1.51. The predicted molar refractivity (Wildman–Crippen MR) is 84.6 cm³/mol. The Hall–Kier alpha value is -1.81. The summed E-state index contributed by atoms with van der Waals surface area (Å²) in [5.41, 5.74) is 2.38. The molecule has 1 aromatic heterocycles. The van der Waals surface area contributed by atoms with Crippen LogP contribution in [-0.2, 0) is 13.5 Å². The summed E-state index contributed by atoms with van der Waals surface area (Å²) in [6, 6.07) is 10.3. The maximum absolute atomic E-state index is 12.3. The van der Waals surface area contributed by atoms with Gasteiger partial charge in [-0.1, -0.05) is 41.9 Å². The molecule has 1 N–H and O–H groups in total. The van der Waals surface area contributed by atoms with Crippen LogP contribution in [-0.4, -0.2) is 21.7 Å². The number of nitrogens with one attached hydrogen (secondary N) is 1. The summed E-state index contributed by atoms with van der Waals surface area (Å²) in [7, 11) is 1.73. The third-order valence-corrected chi connectivity index (χ3v) is 3.90. The van der Waals surface area contributed by atoms with Crippen molar-refractivity contribution in [2.75, 3.05) is 0 Å². The zero-order valence-electron chi connectivity index (χ0n) is 12.6. The second-order valence-corrected chi connectivity index (χ2v) is 5.63. The largest absolute Gasteiger partial charge is 0.349 e.